The molecule has 0 fully saturated rings. The number of nitrogens with one attached hydrogen (secondary N) is 1. The first-order valence-electron chi connectivity index (χ1n) is 4.44. The molecule has 1 rings (SSSR count). The molecule has 0 radical (unpaired) electrons. The van der Waals surface area contributed by atoms with E-state index in [0.29, 0.717) is 10.6 Å². The van der Waals surface area contributed by atoms with Gasteiger partial charge in [0.05, 0.1) is 6.21 Å². The van der Waals surface area contributed by atoms with E-state index in [1.807, 2.05) is 6.07 Å². The maximum absolute atomic E-state index is 11.0. The lowest BCUT2D eigenvalue weighted by Gasteiger charge is -2.04. The number of nitrogens with zero attached hydrogens (tertiary/aromatic N) is 1. The van der Waals surface area contributed by atoms with E-state index in [1.54, 1.807) is 18.2 Å². The minimum absolute atomic E-state index is 0.460. The van der Waals surface area contributed by atoms with Crippen molar-refractivity contribution in [2.24, 2.45) is 5.16 Å². The Kier molecular flexibility index (Phi) is 5.08. The molecule has 0 aromatic heterocycles. The van der Waals surface area contributed by atoms with Gasteiger partial charge in [0.1, 0.15) is 0 Å². The zero-order chi connectivity index (χ0) is 12.0. The maximum Gasteiger partial charge on any atom is 0.279 e. The number of hydrogen-bond donors (Lipinski definition) is 1. The van der Waals surface area contributed by atoms with Crippen molar-refractivity contribution in [3.8, 4) is 0 Å². The van der Waals surface area contributed by atoms with Gasteiger partial charge in [-0.05, 0) is 6.07 Å². The number of benzene rings is 1. The van der Waals surface area contributed by atoms with E-state index in [4.69, 9.17) is 28.0 Å². The number of hydrogen-bond acceptors (Lipinski definition) is 3. The molecule has 0 bridgehead atoms. The highest BCUT2D eigenvalue weighted by molar-refractivity contribution is 6.33. The van der Waals surface area contributed by atoms with Crippen LogP contribution in [0.2, 0.25) is 5.02 Å². The fourth-order valence-electron chi connectivity index (χ4n) is 0.882. The number of carbonyl (C=O) groups excluding carboxylic acids is 1. The molecule has 86 valence electrons. The topological polar surface area (TPSA) is 50.7 Å². The number of alkyl halides is 1. The van der Waals surface area contributed by atoms with E-state index in [0.717, 1.165) is 0 Å². The van der Waals surface area contributed by atoms with Crippen molar-refractivity contribution in [1.29, 1.82) is 0 Å². The van der Waals surface area contributed by atoms with Crippen LogP contribution in [-0.4, -0.2) is 24.7 Å². The van der Waals surface area contributed by atoms with Gasteiger partial charge in [0.2, 0.25) is 0 Å². The molecule has 1 aromatic carbocycles. The number of rotatable bonds is 4. The van der Waals surface area contributed by atoms with Gasteiger partial charge < -0.3 is 10.2 Å². The van der Waals surface area contributed by atoms with Crippen molar-refractivity contribution in [2.45, 2.75) is 5.56 Å². The summed E-state index contributed by atoms with van der Waals surface area (Å²) in [5.74, 6) is -0.460. The molecule has 4 nitrogen and oxygen atoms in total. The van der Waals surface area contributed by atoms with Crippen LogP contribution in [0.1, 0.15) is 5.56 Å². The molecule has 1 N–H and O–H groups in total. The highest BCUT2D eigenvalue weighted by Gasteiger charge is 2.13. The summed E-state index contributed by atoms with van der Waals surface area (Å²) in [5.41, 5.74) is -0.464. The molecule has 1 aromatic rings. The Morgan fingerprint density at radius 2 is 2.25 bits per heavy atom. The lowest BCUT2D eigenvalue weighted by Crippen LogP contribution is -2.28. The molecular formula is C10H10Cl2N2O2. The van der Waals surface area contributed by atoms with E-state index in [9.17, 15) is 4.79 Å². The van der Waals surface area contributed by atoms with Crippen LogP contribution in [0.25, 0.3) is 0 Å². The largest absolute Gasteiger partial charge is 0.366 e. The lowest BCUT2D eigenvalue weighted by molar-refractivity contribution is -0.127. The zero-order valence-electron chi connectivity index (χ0n) is 8.48. The lowest BCUT2D eigenvalue weighted by atomic mass is 10.2. The highest BCUT2D eigenvalue weighted by atomic mass is 35.5. The molecule has 0 aliphatic carbocycles. The normalized spacial score (nSPS) is 12.4. The Balaban J connectivity index is 2.55. The van der Waals surface area contributed by atoms with Crippen LogP contribution >= 0.6 is 23.2 Å². The molecule has 6 heteroatoms. The van der Waals surface area contributed by atoms with Crippen molar-refractivity contribution < 1.29 is 9.63 Å². The van der Waals surface area contributed by atoms with E-state index >= 15 is 0 Å². The van der Waals surface area contributed by atoms with Crippen molar-refractivity contribution >= 4 is 35.3 Å². The van der Waals surface area contributed by atoms with Gasteiger partial charge in [-0.2, -0.15) is 0 Å². The van der Waals surface area contributed by atoms with Gasteiger partial charge in [0.15, 0.2) is 0 Å². The van der Waals surface area contributed by atoms with Gasteiger partial charge in [0, 0.05) is 17.6 Å². The molecule has 1 atom stereocenters. The first kappa shape index (κ1) is 12.8. The van der Waals surface area contributed by atoms with Crippen LogP contribution in [0.4, 0.5) is 0 Å². The Hall–Kier alpha value is -1.26. The van der Waals surface area contributed by atoms with Crippen LogP contribution in [0.5, 0.6) is 0 Å². The summed E-state index contributed by atoms with van der Waals surface area (Å²) in [6, 6.07) is 7.09. The molecule has 0 saturated carbocycles. The number of halogens is 2. The van der Waals surface area contributed by atoms with E-state index in [-0.39, 0.29) is 0 Å². The van der Waals surface area contributed by atoms with Gasteiger partial charge in [0.25, 0.3) is 11.5 Å². The smallest absolute Gasteiger partial charge is 0.279 e. The average molecular weight is 261 g/mol. The van der Waals surface area contributed by atoms with Gasteiger partial charge in [-0.3, -0.25) is 4.79 Å². The van der Waals surface area contributed by atoms with E-state index < -0.39 is 11.5 Å². The highest BCUT2D eigenvalue weighted by Crippen LogP contribution is 2.12. The van der Waals surface area contributed by atoms with Crippen molar-refractivity contribution in [2.75, 3.05) is 7.05 Å². The number of carbonyl (C=O) groups is 1. The minimum Gasteiger partial charge on any atom is -0.366 e. The molecule has 0 saturated heterocycles. The minimum atomic E-state index is -1.15. The van der Waals surface area contributed by atoms with Crippen LogP contribution in [-0.2, 0) is 9.63 Å². The predicted molar refractivity (Wildman–Crippen MR) is 63.8 cm³/mol. The standard InChI is InChI=1S/C10H10Cl2N2O2/c1-13-10(15)9(12)16-14-6-7-4-2-3-5-8(7)11/h2-6,9H,1H3,(H,13,15). The third kappa shape index (κ3) is 3.72. The number of oxime groups is 1. The third-order valence-electron chi connectivity index (χ3n) is 1.70. The van der Waals surface area contributed by atoms with Crippen LogP contribution in [0, 0.1) is 0 Å². The Morgan fingerprint density at radius 1 is 1.56 bits per heavy atom. The first-order chi connectivity index (χ1) is 7.65. The maximum atomic E-state index is 11.0. The summed E-state index contributed by atoms with van der Waals surface area (Å²) in [6.07, 6.45) is 1.39. The van der Waals surface area contributed by atoms with E-state index in [1.165, 1.54) is 13.3 Å². The van der Waals surface area contributed by atoms with Crippen molar-refractivity contribution in [3.63, 3.8) is 0 Å². The molecule has 0 spiro atoms. The second-order valence-electron chi connectivity index (χ2n) is 2.79. The summed E-state index contributed by atoms with van der Waals surface area (Å²) in [4.78, 5) is 15.7. The molecule has 16 heavy (non-hydrogen) atoms. The van der Waals surface area contributed by atoms with Crippen LogP contribution in [0.15, 0.2) is 29.4 Å². The van der Waals surface area contributed by atoms with Crippen molar-refractivity contribution in [1.82, 2.24) is 5.32 Å². The summed E-state index contributed by atoms with van der Waals surface area (Å²) < 4.78 is 0. The third-order valence-corrected chi connectivity index (χ3v) is 2.33. The second-order valence-corrected chi connectivity index (χ2v) is 3.60. The van der Waals surface area contributed by atoms with Crippen LogP contribution < -0.4 is 5.32 Å². The molecule has 0 aliphatic heterocycles. The number of amides is 1. The second kappa shape index (κ2) is 6.35. The van der Waals surface area contributed by atoms with Gasteiger partial charge >= 0.3 is 0 Å². The summed E-state index contributed by atoms with van der Waals surface area (Å²) >= 11 is 11.4. The zero-order valence-corrected chi connectivity index (χ0v) is 10.00. The molecule has 1 unspecified atom stereocenters. The van der Waals surface area contributed by atoms with Gasteiger partial charge in [-0.15, -0.1) is 0 Å². The SMILES string of the molecule is CNC(=O)C(Cl)ON=Cc1ccccc1Cl. The fraction of sp³-hybridized carbons (Fsp3) is 0.200. The Bertz CT molecular complexity index is 396. The fourth-order valence-corrected chi connectivity index (χ4v) is 1.22. The summed E-state index contributed by atoms with van der Waals surface area (Å²) in [7, 11) is 1.46. The molecule has 0 aliphatic rings. The predicted octanol–water partition coefficient (Wildman–Crippen LogP) is 2.00. The quantitative estimate of drug-likeness (QED) is 0.512. The van der Waals surface area contributed by atoms with Crippen LogP contribution in [0.3, 0.4) is 0 Å². The first-order valence-corrected chi connectivity index (χ1v) is 5.26. The Labute approximate surface area is 103 Å². The molecule has 0 heterocycles. The molecular weight excluding hydrogens is 251 g/mol. The summed E-state index contributed by atoms with van der Waals surface area (Å²) in [6.45, 7) is 0. The average Bonchev–Trinajstić information content (AvgIpc) is 2.30. The molecule has 1 amide bonds. The summed E-state index contributed by atoms with van der Waals surface area (Å²) in [5, 5.41) is 6.44. The van der Waals surface area contributed by atoms with Crippen molar-refractivity contribution in [3.05, 3.63) is 34.9 Å². The number of likely N-dealkylation sites (N-methyl/N-ethyl adjacent to an activating group) is 1. The van der Waals surface area contributed by atoms with E-state index in [2.05, 4.69) is 10.5 Å². The monoisotopic (exact) mass is 260 g/mol. The van der Waals surface area contributed by atoms with Gasteiger partial charge in [-0.1, -0.05) is 46.6 Å². The van der Waals surface area contributed by atoms with Gasteiger partial charge in [-0.25, -0.2) is 0 Å². The Morgan fingerprint density at radius 3 is 2.88 bits per heavy atom.